The van der Waals surface area contributed by atoms with Crippen molar-refractivity contribution in [1.82, 2.24) is 9.55 Å². The van der Waals surface area contributed by atoms with Crippen molar-refractivity contribution in [3.63, 3.8) is 0 Å². The Hall–Kier alpha value is -6.49. The fourth-order valence-corrected chi connectivity index (χ4v) is 9.02. The van der Waals surface area contributed by atoms with Crippen LogP contribution in [0.1, 0.15) is 81.5 Å². The molecule has 7 aromatic carbocycles. The van der Waals surface area contributed by atoms with Gasteiger partial charge >= 0.3 is 0 Å². The van der Waals surface area contributed by atoms with E-state index >= 15 is 0 Å². The molecule has 5 nitrogen and oxygen atoms in total. The normalized spacial score (nSPS) is 12.5. The summed E-state index contributed by atoms with van der Waals surface area (Å²) in [6.45, 7) is 17.8. The maximum Gasteiger partial charge on any atom is 0.135 e. The van der Waals surface area contributed by atoms with Gasteiger partial charge in [0.05, 0.1) is 0 Å². The Bertz CT molecular complexity index is 3160. The van der Waals surface area contributed by atoms with Gasteiger partial charge in [0.2, 0.25) is 0 Å². The van der Waals surface area contributed by atoms with E-state index in [2.05, 4.69) is 179 Å². The molecule has 65 heavy (non-hydrogen) atoms. The summed E-state index contributed by atoms with van der Waals surface area (Å²) in [5.74, 6) is 2.51. The van der Waals surface area contributed by atoms with E-state index in [-0.39, 0.29) is 38.7 Å². The van der Waals surface area contributed by atoms with Crippen LogP contribution in [0.5, 0.6) is 11.5 Å². The summed E-state index contributed by atoms with van der Waals surface area (Å²) in [6.07, 6.45) is 1.82. The molecule has 0 saturated heterocycles. The molecule has 2 aromatic heterocycles. The Morgan fingerprint density at radius 2 is 1.32 bits per heavy atom. The average Bonchev–Trinajstić information content (AvgIpc) is 3.84. The Labute approximate surface area is 396 Å². The number of anilines is 4. The van der Waals surface area contributed by atoms with Crippen LogP contribution in [0.25, 0.3) is 49.9 Å². The number of para-hydroxylation sites is 1. The molecule has 0 aliphatic carbocycles. The largest absolute Gasteiger partial charge is 0.509 e. The Morgan fingerprint density at radius 3 is 2.05 bits per heavy atom. The fourth-order valence-electron chi connectivity index (χ4n) is 9.02. The van der Waals surface area contributed by atoms with Gasteiger partial charge in [0.25, 0.3) is 0 Å². The molecular formula is C58H50FN4OPt-3. The molecule has 3 heterocycles. The van der Waals surface area contributed by atoms with E-state index in [0.29, 0.717) is 17.4 Å². The van der Waals surface area contributed by atoms with Crippen molar-refractivity contribution < 1.29 is 30.2 Å². The first-order valence-corrected chi connectivity index (χ1v) is 22.2. The SMILES string of the molecule is Cc1ccc2c(c1)N(c1c(C(C)C)cc(-c3ccc(F)cc3)cc1C(C)C)[CH-]N2c1[c-]c(Oc2[c-]c3c(cc2)c2ccccc2n3-c2ccccn2)cc(-c2cccc(C(C)C)c2)c1.[Pt]. The third-order valence-electron chi connectivity index (χ3n) is 12.3. The van der Waals surface area contributed by atoms with Gasteiger partial charge in [-0.05, 0) is 124 Å². The number of ether oxygens (including phenoxy) is 1. The molecule has 0 atom stereocenters. The smallest absolute Gasteiger partial charge is 0.135 e. The van der Waals surface area contributed by atoms with Crippen molar-refractivity contribution in [2.24, 2.45) is 0 Å². The van der Waals surface area contributed by atoms with Gasteiger partial charge in [-0.2, -0.15) is 6.07 Å². The quantitative estimate of drug-likeness (QED) is 0.128. The molecule has 0 radical (unpaired) electrons. The van der Waals surface area contributed by atoms with Crippen LogP contribution < -0.4 is 14.5 Å². The van der Waals surface area contributed by atoms with Crippen LogP contribution in [0.4, 0.5) is 27.1 Å². The van der Waals surface area contributed by atoms with Gasteiger partial charge in [-0.25, -0.2) is 9.37 Å². The van der Waals surface area contributed by atoms with Gasteiger partial charge in [-0.1, -0.05) is 114 Å². The molecule has 0 fully saturated rings. The molecule has 1 aliphatic heterocycles. The molecule has 7 heteroatoms. The summed E-state index contributed by atoms with van der Waals surface area (Å²) in [5.41, 5.74) is 15.1. The summed E-state index contributed by atoms with van der Waals surface area (Å²) in [6, 6.07) is 56.9. The summed E-state index contributed by atoms with van der Waals surface area (Å²) in [4.78, 5) is 9.33. The minimum atomic E-state index is -0.238. The zero-order valence-electron chi connectivity index (χ0n) is 37.6. The van der Waals surface area contributed by atoms with E-state index in [1.807, 2.05) is 42.6 Å². The minimum Gasteiger partial charge on any atom is -0.509 e. The molecule has 328 valence electrons. The van der Waals surface area contributed by atoms with Crippen LogP contribution in [0.2, 0.25) is 0 Å². The second-order valence-electron chi connectivity index (χ2n) is 17.8. The molecule has 10 rings (SSSR count). The van der Waals surface area contributed by atoms with E-state index < -0.39 is 0 Å². The van der Waals surface area contributed by atoms with E-state index in [9.17, 15) is 4.39 Å². The summed E-state index contributed by atoms with van der Waals surface area (Å²) in [5, 5.41) is 2.20. The first-order chi connectivity index (χ1) is 31.0. The molecule has 0 bridgehead atoms. The molecular weight excluding hydrogens is 983 g/mol. The molecule has 0 spiro atoms. The van der Waals surface area contributed by atoms with Crippen LogP contribution >= 0.6 is 0 Å². The Kier molecular flexibility index (Phi) is 12.0. The average molecular weight is 1030 g/mol. The minimum absolute atomic E-state index is 0. The van der Waals surface area contributed by atoms with Gasteiger partial charge < -0.3 is 19.1 Å². The van der Waals surface area contributed by atoms with Gasteiger partial charge in [-0.15, -0.1) is 53.6 Å². The predicted molar refractivity (Wildman–Crippen MR) is 262 cm³/mol. The molecule has 0 unspecified atom stereocenters. The van der Waals surface area contributed by atoms with Gasteiger partial charge in [0.1, 0.15) is 11.6 Å². The zero-order valence-corrected chi connectivity index (χ0v) is 39.9. The molecule has 0 amide bonds. The van der Waals surface area contributed by atoms with Crippen molar-refractivity contribution in [2.75, 3.05) is 9.80 Å². The molecule has 0 N–H and O–H groups in total. The number of fused-ring (bicyclic) bond motifs is 4. The second kappa shape index (κ2) is 17.8. The van der Waals surface area contributed by atoms with Crippen molar-refractivity contribution >= 4 is 44.6 Å². The van der Waals surface area contributed by atoms with Crippen LogP contribution in [0.15, 0.2) is 152 Å². The molecule has 0 saturated carbocycles. The zero-order chi connectivity index (χ0) is 44.2. The Morgan fingerprint density at radius 1 is 0.585 bits per heavy atom. The van der Waals surface area contributed by atoms with Gasteiger partial charge in [0, 0.05) is 61.3 Å². The van der Waals surface area contributed by atoms with E-state index in [1.54, 1.807) is 12.1 Å². The van der Waals surface area contributed by atoms with Crippen molar-refractivity contribution in [1.29, 1.82) is 0 Å². The van der Waals surface area contributed by atoms with Gasteiger partial charge in [-0.3, -0.25) is 0 Å². The summed E-state index contributed by atoms with van der Waals surface area (Å²) < 4.78 is 23.1. The fraction of sp³-hybridized carbons (Fsp3) is 0.172. The first-order valence-electron chi connectivity index (χ1n) is 22.2. The first kappa shape index (κ1) is 43.7. The standard InChI is InChI=1S/C58H50FN4O.Pt/c1-36(2)41-13-12-14-42(28-41)43-29-46(33-48(30-43)64-47-23-24-50-49-15-8-9-16-53(49)63(55(50)34-47)57-17-10-11-26-60-57)61-35-62(56-27-39(7)18-25-54(56)61)58-51(37(3)4)31-44(32-52(58)38(5)6)40-19-21-45(59)22-20-40;/h8-32,35-38H,1-7H3;/q-3;. The number of aromatic nitrogens is 2. The van der Waals surface area contributed by atoms with E-state index in [4.69, 9.17) is 9.72 Å². The van der Waals surface area contributed by atoms with Crippen molar-refractivity contribution in [3.05, 3.63) is 199 Å². The number of pyridine rings is 1. The molecule has 1 aliphatic rings. The topological polar surface area (TPSA) is 33.5 Å². The number of rotatable bonds is 10. The maximum absolute atomic E-state index is 14.1. The van der Waals surface area contributed by atoms with Crippen molar-refractivity contribution in [3.8, 4) is 39.6 Å². The number of benzene rings is 7. The summed E-state index contributed by atoms with van der Waals surface area (Å²) in [7, 11) is 0. The van der Waals surface area contributed by atoms with Crippen molar-refractivity contribution in [2.45, 2.75) is 66.2 Å². The van der Waals surface area contributed by atoms with E-state index in [0.717, 1.165) is 72.6 Å². The second-order valence-corrected chi connectivity index (χ2v) is 17.8. The van der Waals surface area contributed by atoms with Crippen LogP contribution in [-0.4, -0.2) is 9.55 Å². The number of hydrogen-bond acceptors (Lipinski definition) is 4. The third-order valence-corrected chi connectivity index (χ3v) is 12.3. The van der Waals surface area contributed by atoms with Crippen LogP contribution in [0.3, 0.4) is 0 Å². The number of aryl methyl sites for hydroxylation is 1. The molecule has 9 aromatic rings. The van der Waals surface area contributed by atoms with Crippen LogP contribution in [0, 0.1) is 31.5 Å². The van der Waals surface area contributed by atoms with Crippen LogP contribution in [-0.2, 0) is 21.1 Å². The maximum atomic E-state index is 14.1. The van der Waals surface area contributed by atoms with E-state index in [1.165, 1.54) is 22.3 Å². The van der Waals surface area contributed by atoms with Gasteiger partial charge in [0.15, 0.2) is 0 Å². The Balaban J connectivity index is 0.00000533. The third kappa shape index (κ3) is 8.26. The number of nitrogens with zero attached hydrogens (tertiary/aromatic N) is 4. The number of halogens is 1. The predicted octanol–water partition coefficient (Wildman–Crippen LogP) is 16.1. The number of hydrogen-bond donors (Lipinski definition) is 0. The monoisotopic (exact) mass is 1030 g/mol. The summed E-state index contributed by atoms with van der Waals surface area (Å²) >= 11 is 0.